The summed E-state index contributed by atoms with van der Waals surface area (Å²) in [5.41, 5.74) is 3.92. The van der Waals surface area contributed by atoms with E-state index in [2.05, 4.69) is 15.3 Å². The first kappa shape index (κ1) is 10.6. The zero-order valence-corrected chi connectivity index (χ0v) is 9.64. The Labute approximate surface area is 91.3 Å². The normalized spacial score (nSPS) is 15.9. The van der Waals surface area contributed by atoms with E-state index in [1.165, 1.54) is 36.2 Å². The van der Waals surface area contributed by atoms with Crippen molar-refractivity contribution in [3.63, 3.8) is 0 Å². The second-order valence-electron chi connectivity index (χ2n) is 4.23. The summed E-state index contributed by atoms with van der Waals surface area (Å²) >= 11 is 0. The molecule has 0 bridgehead atoms. The van der Waals surface area contributed by atoms with Crippen molar-refractivity contribution in [1.29, 1.82) is 0 Å². The number of hydrogen-bond acceptors (Lipinski definition) is 3. The van der Waals surface area contributed by atoms with E-state index in [1.54, 1.807) is 0 Å². The Morgan fingerprint density at radius 3 is 2.73 bits per heavy atom. The molecule has 3 heteroatoms. The highest BCUT2D eigenvalue weighted by atomic mass is 14.9. The van der Waals surface area contributed by atoms with Gasteiger partial charge in [-0.1, -0.05) is 6.42 Å². The number of fused-ring (bicyclic) bond motifs is 1. The summed E-state index contributed by atoms with van der Waals surface area (Å²) in [6, 6.07) is 0. The lowest BCUT2D eigenvalue weighted by atomic mass is 10.1. The number of aryl methyl sites for hydroxylation is 2. The van der Waals surface area contributed by atoms with Gasteiger partial charge in [0.15, 0.2) is 0 Å². The van der Waals surface area contributed by atoms with Gasteiger partial charge in [0.2, 0.25) is 0 Å². The molecule has 0 amide bonds. The summed E-state index contributed by atoms with van der Waals surface area (Å²) in [5.74, 6) is 0.918. The fourth-order valence-electron chi connectivity index (χ4n) is 2.30. The van der Waals surface area contributed by atoms with E-state index in [4.69, 9.17) is 0 Å². The molecule has 0 atom stereocenters. The Bertz CT molecular complexity index is 347. The van der Waals surface area contributed by atoms with Crippen molar-refractivity contribution in [3.05, 3.63) is 22.8 Å². The lowest BCUT2D eigenvalue weighted by Gasteiger charge is -2.11. The molecule has 1 aliphatic carbocycles. The summed E-state index contributed by atoms with van der Waals surface area (Å²) in [7, 11) is 1.97. The van der Waals surface area contributed by atoms with Crippen molar-refractivity contribution in [3.8, 4) is 0 Å². The minimum atomic E-state index is 0.867. The van der Waals surface area contributed by atoms with E-state index < -0.39 is 0 Å². The van der Waals surface area contributed by atoms with E-state index in [0.29, 0.717) is 0 Å². The molecule has 1 N–H and O–H groups in total. The van der Waals surface area contributed by atoms with E-state index in [0.717, 1.165) is 25.2 Å². The quantitative estimate of drug-likeness (QED) is 0.748. The van der Waals surface area contributed by atoms with Gasteiger partial charge in [0.1, 0.15) is 5.82 Å². The molecule has 15 heavy (non-hydrogen) atoms. The van der Waals surface area contributed by atoms with Gasteiger partial charge in [0, 0.05) is 12.2 Å². The first-order valence-electron chi connectivity index (χ1n) is 5.81. The van der Waals surface area contributed by atoms with Crippen LogP contribution in [-0.2, 0) is 19.4 Å². The zero-order chi connectivity index (χ0) is 10.7. The number of aromatic nitrogens is 2. The van der Waals surface area contributed by atoms with Gasteiger partial charge in [0.05, 0.1) is 5.69 Å². The molecule has 1 heterocycles. The van der Waals surface area contributed by atoms with E-state index >= 15 is 0 Å². The molecule has 1 aromatic heterocycles. The number of nitrogens with zero attached hydrogens (tertiary/aromatic N) is 2. The van der Waals surface area contributed by atoms with Crippen molar-refractivity contribution < 1.29 is 0 Å². The van der Waals surface area contributed by atoms with Gasteiger partial charge in [0.25, 0.3) is 0 Å². The van der Waals surface area contributed by atoms with Crippen LogP contribution in [0.1, 0.15) is 42.0 Å². The van der Waals surface area contributed by atoms with Crippen LogP contribution in [0.15, 0.2) is 0 Å². The molecule has 82 valence electrons. The van der Waals surface area contributed by atoms with Gasteiger partial charge in [-0.15, -0.1) is 0 Å². The lowest BCUT2D eigenvalue weighted by molar-refractivity contribution is 0.705. The van der Waals surface area contributed by atoms with E-state index in [9.17, 15) is 0 Å². The van der Waals surface area contributed by atoms with Gasteiger partial charge in [-0.05, 0) is 45.2 Å². The van der Waals surface area contributed by atoms with Crippen molar-refractivity contribution in [1.82, 2.24) is 15.3 Å². The van der Waals surface area contributed by atoms with Crippen LogP contribution in [0.4, 0.5) is 0 Å². The van der Waals surface area contributed by atoms with Crippen LogP contribution >= 0.6 is 0 Å². The van der Waals surface area contributed by atoms with Crippen LogP contribution in [0.2, 0.25) is 0 Å². The van der Waals surface area contributed by atoms with Crippen LogP contribution in [0.5, 0.6) is 0 Å². The lowest BCUT2D eigenvalue weighted by Crippen LogP contribution is -2.13. The van der Waals surface area contributed by atoms with E-state index in [1.807, 2.05) is 14.0 Å². The Balaban J connectivity index is 2.40. The van der Waals surface area contributed by atoms with Crippen molar-refractivity contribution in [2.45, 2.75) is 45.6 Å². The van der Waals surface area contributed by atoms with Gasteiger partial charge >= 0.3 is 0 Å². The average molecular weight is 205 g/mol. The molecule has 3 nitrogen and oxygen atoms in total. The Kier molecular flexibility index (Phi) is 3.31. The maximum Gasteiger partial charge on any atom is 0.125 e. The van der Waals surface area contributed by atoms with E-state index in [-0.39, 0.29) is 0 Å². The van der Waals surface area contributed by atoms with Crippen molar-refractivity contribution >= 4 is 0 Å². The molecule has 2 rings (SSSR count). The molecule has 0 aliphatic heterocycles. The molecule has 1 aromatic rings. The molecule has 0 saturated carbocycles. The summed E-state index contributed by atoms with van der Waals surface area (Å²) in [6.07, 6.45) is 6.19. The zero-order valence-electron chi connectivity index (χ0n) is 9.64. The summed E-state index contributed by atoms with van der Waals surface area (Å²) in [5, 5.41) is 3.19. The molecule has 1 aliphatic rings. The van der Waals surface area contributed by atoms with Crippen LogP contribution in [0, 0.1) is 6.92 Å². The van der Waals surface area contributed by atoms with Gasteiger partial charge < -0.3 is 5.32 Å². The predicted octanol–water partition coefficient (Wildman–Crippen LogP) is 1.77. The number of nitrogens with one attached hydrogen (secondary N) is 1. The minimum Gasteiger partial charge on any atom is -0.314 e. The van der Waals surface area contributed by atoms with Crippen LogP contribution < -0.4 is 5.32 Å². The van der Waals surface area contributed by atoms with Crippen LogP contribution in [0.3, 0.4) is 0 Å². The number of rotatable bonds is 2. The smallest absolute Gasteiger partial charge is 0.125 e. The summed E-state index contributed by atoms with van der Waals surface area (Å²) < 4.78 is 0. The fourth-order valence-corrected chi connectivity index (χ4v) is 2.30. The molecule has 0 radical (unpaired) electrons. The molecular weight excluding hydrogens is 186 g/mol. The first-order valence-corrected chi connectivity index (χ1v) is 5.81. The highest BCUT2D eigenvalue weighted by Gasteiger charge is 2.14. The second kappa shape index (κ2) is 4.71. The monoisotopic (exact) mass is 205 g/mol. The first-order chi connectivity index (χ1) is 7.31. The molecule has 0 fully saturated rings. The second-order valence-corrected chi connectivity index (χ2v) is 4.23. The third kappa shape index (κ3) is 2.34. The standard InChI is InChI=1S/C12H19N3/c1-9-14-11-7-5-3-4-6-10(11)12(15-9)8-13-2/h13H,3-8H2,1-2H3. The maximum absolute atomic E-state index is 4.58. The third-order valence-corrected chi connectivity index (χ3v) is 2.97. The van der Waals surface area contributed by atoms with Crippen molar-refractivity contribution in [2.75, 3.05) is 7.05 Å². The summed E-state index contributed by atoms with van der Waals surface area (Å²) in [4.78, 5) is 9.12. The maximum atomic E-state index is 4.58. The SMILES string of the molecule is CNCc1nc(C)nc2c1CCCCC2. The highest BCUT2D eigenvalue weighted by molar-refractivity contribution is 5.27. The molecule has 0 unspecified atom stereocenters. The molecule has 0 saturated heterocycles. The van der Waals surface area contributed by atoms with Crippen molar-refractivity contribution in [2.24, 2.45) is 0 Å². The Morgan fingerprint density at radius 1 is 1.13 bits per heavy atom. The number of hydrogen-bond donors (Lipinski definition) is 1. The highest BCUT2D eigenvalue weighted by Crippen LogP contribution is 2.21. The van der Waals surface area contributed by atoms with Gasteiger partial charge in [-0.3, -0.25) is 0 Å². The molecule has 0 spiro atoms. The Hall–Kier alpha value is -0.960. The largest absolute Gasteiger partial charge is 0.314 e. The van der Waals surface area contributed by atoms with Crippen LogP contribution in [-0.4, -0.2) is 17.0 Å². The predicted molar refractivity (Wildman–Crippen MR) is 60.8 cm³/mol. The molecule has 0 aromatic carbocycles. The minimum absolute atomic E-state index is 0.867. The summed E-state index contributed by atoms with van der Waals surface area (Å²) in [6.45, 7) is 2.86. The molecular formula is C12H19N3. The van der Waals surface area contributed by atoms with Crippen LogP contribution in [0.25, 0.3) is 0 Å². The van der Waals surface area contributed by atoms with Gasteiger partial charge in [-0.2, -0.15) is 0 Å². The fraction of sp³-hybridized carbons (Fsp3) is 0.667. The Morgan fingerprint density at radius 2 is 1.93 bits per heavy atom. The average Bonchev–Trinajstić information content (AvgIpc) is 2.43. The van der Waals surface area contributed by atoms with Gasteiger partial charge in [-0.25, -0.2) is 9.97 Å². The topological polar surface area (TPSA) is 37.8 Å². The third-order valence-electron chi connectivity index (χ3n) is 2.97.